The number of hydrogen-bond donors (Lipinski definition) is 3. The average molecular weight is 287 g/mol. The van der Waals surface area contributed by atoms with E-state index in [4.69, 9.17) is 5.11 Å². The van der Waals surface area contributed by atoms with Crippen LogP contribution in [0.2, 0.25) is 0 Å². The topological polar surface area (TPSA) is 93.1 Å². The minimum absolute atomic E-state index is 0.0738. The van der Waals surface area contributed by atoms with Crippen LogP contribution < -0.4 is 5.32 Å². The Hall–Kier alpha value is -1.34. The van der Waals surface area contributed by atoms with E-state index in [1.54, 1.807) is 4.90 Å². The van der Waals surface area contributed by atoms with E-state index in [9.17, 15) is 14.7 Å². The molecular weight excluding hydrogens is 262 g/mol. The molecule has 1 saturated heterocycles. The molecule has 1 aliphatic heterocycles. The maximum Gasteiger partial charge on any atom is 0.317 e. The van der Waals surface area contributed by atoms with Crippen molar-refractivity contribution in [2.75, 3.05) is 33.7 Å². The Balaban J connectivity index is 2.46. The van der Waals surface area contributed by atoms with Gasteiger partial charge in [-0.05, 0) is 26.9 Å². The molecule has 1 aliphatic rings. The number of amides is 2. The number of rotatable bonds is 5. The number of likely N-dealkylation sites (N-methyl/N-ethyl adjacent to an activating group) is 1. The molecule has 3 atom stereocenters. The first-order valence-corrected chi connectivity index (χ1v) is 6.76. The Kier molecular flexibility index (Phi) is 5.35. The average Bonchev–Trinajstić information content (AvgIpc) is 2.66. The van der Waals surface area contributed by atoms with Crippen molar-refractivity contribution in [2.45, 2.75) is 31.9 Å². The zero-order valence-electron chi connectivity index (χ0n) is 12.6. The molecule has 0 aliphatic carbocycles. The van der Waals surface area contributed by atoms with Gasteiger partial charge in [-0.2, -0.15) is 0 Å². The minimum Gasteiger partial charge on any atom is -0.481 e. The lowest BCUT2D eigenvalue weighted by Crippen LogP contribution is -2.47. The lowest BCUT2D eigenvalue weighted by atomic mass is 10.0. The van der Waals surface area contributed by atoms with E-state index in [1.165, 1.54) is 6.92 Å². The highest BCUT2D eigenvalue weighted by molar-refractivity contribution is 5.75. The molecule has 0 aromatic heterocycles. The summed E-state index contributed by atoms with van der Waals surface area (Å²) in [5.41, 5.74) is -1.44. The second-order valence-electron chi connectivity index (χ2n) is 6.14. The molecule has 20 heavy (non-hydrogen) atoms. The number of carboxylic acid groups (broad SMARTS) is 1. The molecule has 2 amide bonds. The van der Waals surface area contributed by atoms with Gasteiger partial charge in [0.1, 0.15) is 0 Å². The minimum atomic E-state index is -1.44. The highest BCUT2D eigenvalue weighted by Gasteiger charge is 2.34. The molecule has 116 valence electrons. The highest BCUT2D eigenvalue weighted by Crippen LogP contribution is 2.20. The first kappa shape index (κ1) is 16.7. The van der Waals surface area contributed by atoms with Gasteiger partial charge in [-0.15, -0.1) is 0 Å². The lowest BCUT2D eigenvalue weighted by Gasteiger charge is -2.25. The van der Waals surface area contributed by atoms with Crippen LogP contribution >= 0.6 is 0 Å². The van der Waals surface area contributed by atoms with E-state index >= 15 is 0 Å². The molecular formula is C13H25N3O4. The first-order valence-electron chi connectivity index (χ1n) is 6.76. The smallest absolute Gasteiger partial charge is 0.317 e. The standard InChI is InChI=1S/C13H25N3O4/c1-9-6-16(7-10(9)15(3)4)12(19)14-8-13(2,20)5-11(17)18/h9-10,20H,5-8H2,1-4H3,(H,14,19)(H,17,18). The van der Waals surface area contributed by atoms with Crippen LogP contribution in [0.1, 0.15) is 20.3 Å². The van der Waals surface area contributed by atoms with Gasteiger partial charge < -0.3 is 25.3 Å². The van der Waals surface area contributed by atoms with Crippen molar-refractivity contribution >= 4 is 12.0 Å². The van der Waals surface area contributed by atoms with Gasteiger partial charge in [-0.1, -0.05) is 6.92 Å². The first-order chi connectivity index (χ1) is 9.12. The van der Waals surface area contributed by atoms with Gasteiger partial charge in [0, 0.05) is 25.7 Å². The molecule has 3 unspecified atom stereocenters. The summed E-state index contributed by atoms with van der Waals surface area (Å²) in [7, 11) is 3.97. The Bertz CT molecular complexity index is 371. The van der Waals surface area contributed by atoms with Crippen LogP contribution in [0.4, 0.5) is 4.79 Å². The number of nitrogens with one attached hydrogen (secondary N) is 1. The fraction of sp³-hybridized carbons (Fsp3) is 0.846. The molecule has 0 aromatic rings. The van der Waals surface area contributed by atoms with Crippen LogP contribution in [0.5, 0.6) is 0 Å². The molecule has 0 aromatic carbocycles. The quantitative estimate of drug-likeness (QED) is 0.651. The number of hydrogen-bond acceptors (Lipinski definition) is 4. The number of likely N-dealkylation sites (tertiary alicyclic amines) is 1. The van der Waals surface area contributed by atoms with E-state index < -0.39 is 18.0 Å². The van der Waals surface area contributed by atoms with E-state index in [1.807, 2.05) is 14.1 Å². The van der Waals surface area contributed by atoms with Gasteiger partial charge in [0.15, 0.2) is 0 Å². The summed E-state index contributed by atoms with van der Waals surface area (Å²) in [4.78, 5) is 26.4. The van der Waals surface area contributed by atoms with Crippen molar-refractivity contribution in [3.05, 3.63) is 0 Å². The molecule has 0 radical (unpaired) electrons. The molecule has 1 fully saturated rings. The van der Waals surface area contributed by atoms with E-state index in [-0.39, 0.29) is 12.6 Å². The van der Waals surface area contributed by atoms with Crippen molar-refractivity contribution in [1.29, 1.82) is 0 Å². The van der Waals surface area contributed by atoms with Crippen molar-refractivity contribution in [3.8, 4) is 0 Å². The van der Waals surface area contributed by atoms with Gasteiger partial charge in [-0.3, -0.25) is 4.79 Å². The number of carbonyl (C=O) groups is 2. The molecule has 1 rings (SSSR count). The van der Waals surface area contributed by atoms with Crippen LogP contribution in [0, 0.1) is 5.92 Å². The SMILES string of the molecule is CC1CN(C(=O)NCC(C)(O)CC(=O)O)CC1N(C)C. The van der Waals surface area contributed by atoms with Gasteiger partial charge in [0.2, 0.25) is 0 Å². The summed E-state index contributed by atoms with van der Waals surface area (Å²) in [6.45, 7) is 4.72. The predicted octanol–water partition coefficient (Wildman–Crippen LogP) is -0.196. The molecule has 0 spiro atoms. The number of nitrogens with zero attached hydrogens (tertiary/aromatic N) is 2. The summed E-state index contributed by atoms with van der Waals surface area (Å²) < 4.78 is 0. The Morgan fingerprint density at radius 2 is 2.00 bits per heavy atom. The zero-order chi connectivity index (χ0) is 15.5. The van der Waals surface area contributed by atoms with Gasteiger partial charge in [0.25, 0.3) is 0 Å². The summed E-state index contributed by atoms with van der Waals surface area (Å²) in [5.74, 6) is -0.706. The van der Waals surface area contributed by atoms with E-state index in [2.05, 4.69) is 17.1 Å². The second-order valence-corrected chi connectivity index (χ2v) is 6.14. The maximum atomic E-state index is 12.0. The molecule has 7 nitrogen and oxygen atoms in total. The number of aliphatic hydroxyl groups is 1. The number of carboxylic acids is 1. The zero-order valence-corrected chi connectivity index (χ0v) is 12.6. The third-order valence-corrected chi connectivity index (χ3v) is 3.68. The summed E-state index contributed by atoms with van der Waals surface area (Å²) in [5, 5.41) is 21.1. The fourth-order valence-corrected chi connectivity index (χ4v) is 2.55. The highest BCUT2D eigenvalue weighted by atomic mass is 16.4. The second kappa shape index (κ2) is 6.41. The summed E-state index contributed by atoms with van der Waals surface area (Å²) in [6, 6.07) is 0.0622. The molecule has 1 heterocycles. The normalized spacial score (nSPS) is 25.6. The third kappa shape index (κ3) is 4.64. The van der Waals surface area contributed by atoms with Crippen LogP contribution in [-0.4, -0.2) is 77.4 Å². The van der Waals surface area contributed by atoms with Crippen molar-refractivity contribution in [2.24, 2.45) is 5.92 Å². The van der Waals surface area contributed by atoms with Gasteiger partial charge >= 0.3 is 12.0 Å². The van der Waals surface area contributed by atoms with Crippen LogP contribution in [0.15, 0.2) is 0 Å². The largest absolute Gasteiger partial charge is 0.481 e. The van der Waals surface area contributed by atoms with E-state index in [0.29, 0.717) is 25.0 Å². The fourth-order valence-electron chi connectivity index (χ4n) is 2.55. The Morgan fingerprint density at radius 3 is 2.45 bits per heavy atom. The van der Waals surface area contributed by atoms with Crippen molar-refractivity contribution in [1.82, 2.24) is 15.1 Å². The lowest BCUT2D eigenvalue weighted by molar-refractivity contribution is -0.141. The number of aliphatic carboxylic acids is 1. The molecule has 3 N–H and O–H groups in total. The maximum absolute atomic E-state index is 12.0. The molecule has 7 heteroatoms. The van der Waals surface area contributed by atoms with Gasteiger partial charge in [0.05, 0.1) is 12.0 Å². The van der Waals surface area contributed by atoms with Crippen LogP contribution in [0.25, 0.3) is 0 Å². The van der Waals surface area contributed by atoms with Gasteiger partial charge in [-0.25, -0.2) is 4.79 Å². The Morgan fingerprint density at radius 1 is 1.40 bits per heavy atom. The monoisotopic (exact) mass is 287 g/mol. The predicted molar refractivity (Wildman–Crippen MR) is 74.5 cm³/mol. The molecule has 0 bridgehead atoms. The van der Waals surface area contributed by atoms with E-state index in [0.717, 1.165) is 0 Å². The molecule has 0 saturated carbocycles. The summed E-state index contributed by atoms with van der Waals surface area (Å²) >= 11 is 0. The number of carbonyl (C=O) groups excluding carboxylic acids is 1. The summed E-state index contributed by atoms with van der Waals surface area (Å²) in [6.07, 6.45) is -0.399. The van der Waals surface area contributed by atoms with Crippen molar-refractivity contribution in [3.63, 3.8) is 0 Å². The van der Waals surface area contributed by atoms with Crippen molar-refractivity contribution < 1.29 is 19.8 Å². The Labute approximate surface area is 119 Å². The van der Waals surface area contributed by atoms with Crippen LogP contribution in [0.3, 0.4) is 0 Å². The van der Waals surface area contributed by atoms with Crippen LogP contribution in [-0.2, 0) is 4.79 Å². The number of urea groups is 1. The third-order valence-electron chi connectivity index (χ3n) is 3.68.